The zero-order valence-electron chi connectivity index (χ0n) is 10.1. The van der Waals surface area contributed by atoms with Gasteiger partial charge in [0.15, 0.2) is 0 Å². The van der Waals surface area contributed by atoms with E-state index in [4.69, 9.17) is 0 Å². The lowest BCUT2D eigenvalue weighted by molar-refractivity contribution is 0.621. The first-order chi connectivity index (χ1) is 8.66. The molecule has 1 heterocycles. The summed E-state index contributed by atoms with van der Waals surface area (Å²) < 4.78 is 14.5. The van der Waals surface area contributed by atoms with Crippen molar-refractivity contribution in [3.8, 4) is 0 Å². The number of pyridine rings is 1. The second-order valence-electron chi connectivity index (χ2n) is 4.09. The van der Waals surface area contributed by atoms with Gasteiger partial charge >= 0.3 is 0 Å². The second kappa shape index (κ2) is 5.96. The number of aromatic nitrogens is 1. The number of likely N-dealkylation sites (N-methyl/N-ethyl adjacent to an activating group) is 1. The molecule has 2 rings (SSSR count). The van der Waals surface area contributed by atoms with Crippen molar-refractivity contribution in [1.82, 2.24) is 4.98 Å². The van der Waals surface area contributed by atoms with Crippen LogP contribution in [0.15, 0.2) is 47.1 Å². The summed E-state index contributed by atoms with van der Waals surface area (Å²) in [5, 5.41) is 0. The zero-order valence-corrected chi connectivity index (χ0v) is 11.7. The summed E-state index contributed by atoms with van der Waals surface area (Å²) in [5.41, 5.74) is 1.62. The largest absolute Gasteiger partial charge is 0.372 e. The molecule has 0 aliphatic rings. The summed E-state index contributed by atoms with van der Waals surface area (Å²) in [4.78, 5) is 6.15. The Morgan fingerprint density at radius 3 is 2.78 bits per heavy atom. The van der Waals surface area contributed by atoms with Crippen molar-refractivity contribution >= 4 is 21.6 Å². The van der Waals surface area contributed by atoms with Crippen LogP contribution in [0.5, 0.6) is 0 Å². The summed E-state index contributed by atoms with van der Waals surface area (Å²) in [5.74, 6) is -0.215. The molecule has 0 amide bonds. The molecule has 2 nitrogen and oxygen atoms in total. The molecule has 94 valence electrons. The Kier molecular flexibility index (Phi) is 4.31. The van der Waals surface area contributed by atoms with Crippen molar-refractivity contribution in [2.24, 2.45) is 0 Å². The topological polar surface area (TPSA) is 16.1 Å². The smallest absolute Gasteiger partial charge is 0.147 e. The molecule has 2 aromatic rings. The summed E-state index contributed by atoms with van der Waals surface area (Å²) in [6.45, 7) is 0.732. The minimum atomic E-state index is -0.215. The molecule has 0 saturated heterocycles. The number of nitrogens with zero attached hydrogens (tertiary/aromatic N) is 2. The minimum Gasteiger partial charge on any atom is -0.372 e. The molecule has 0 fully saturated rings. The van der Waals surface area contributed by atoms with E-state index in [-0.39, 0.29) is 5.82 Å². The number of halogens is 2. The molecule has 4 heteroatoms. The van der Waals surface area contributed by atoms with Crippen LogP contribution in [-0.2, 0) is 6.42 Å². The lowest BCUT2D eigenvalue weighted by Gasteiger charge is -2.19. The van der Waals surface area contributed by atoms with Gasteiger partial charge in [-0.15, -0.1) is 0 Å². The number of anilines is 1. The third-order valence-electron chi connectivity index (χ3n) is 2.75. The average molecular weight is 309 g/mol. The van der Waals surface area contributed by atoms with E-state index >= 15 is 0 Å². The van der Waals surface area contributed by atoms with Crippen molar-refractivity contribution in [2.45, 2.75) is 6.42 Å². The third-order valence-corrected chi connectivity index (χ3v) is 3.24. The van der Waals surface area contributed by atoms with Crippen LogP contribution in [0.4, 0.5) is 10.1 Å². The summed E-state index contributed by atoms with van der Waals surface area (Å²) in [6, 6.07) is 10.9. The van der Waals surface area contributed by atoms with Crippen LogP contribution in [-0.4, -0.2) is 18.6 Å². The van der Waals surface area contributed by atoms with Gasteiger partial charge in [-0.2, -0.15) is 0 Å². The van der Waals surface area contributed by atoms with Gasteiger partial charge in [0, 0.05) is 36.4 Å². The van der Waals surface area contributed by atoms with E-state index in [0.29, 0.717) is 5.69 Å². The Morgan fingerprint density at radius 2 is 2.11 bits per heavy atom. The molecule has 0 N–H and O–H groups in total. The van der Waals surface area contributed by atoms with Gasteiger partial charge in [-0.05, 0) is 30.3 Å². The molecule has 0 unspecified atom stereocenters. The maximum absolute atomic E-state index is 13.7. The number of hydrogen-bond acceptors (Lipinski definition) is 2. The number of benzene rings is 1. The van der Waals surface area contributed by atoms with Crippen LogP contribution in [0, 0.1) is 5.82 Å². The molecular formula is C14H14BrFN2. The van der Waals surface area contributed by atoms with E-state index in [1.54, 1.807) is 12.3 Å². The fourth-order valence-electron chi connectivity index (χ4n) is 1.74. The first kappa shape index (κ1) is 13.0. The fourth-order valence-corrected chi connectivity index (χ4v) is 2.07. The van der Waals surface area contributed by atoms with Gasteiger partial charge in [-0.1, -0.05) is 22.0 Å². The standard InChI is InChI=1S/C14H14BrFN2/c1-18(9-7-12-4-2-3-8-17-12)14-6-5-11(15)10-13(14)16/h2-6,8,10H,7,9H2,1H3. The predicted octanol–water partition coefficient (Wildman–Crippen LogP) is 3.66. The van der Waals surface area contributed by atoms with Gasteiger partial charge < -0.3 is 4.90 Å². The highest BCUT2D eigenvalue weighted by Gasteiger charge is 2.08. The normalized spacial score (nSPS) is 10.4. The maximum atomic E-state index is 13.7. The molecule has 1 aromatic carbocycles. The molecule has 0 radical (unpaired) electrons. The second-order valence-corrected chi connectivity index (χ2v) is 5.00. The van der Waals surface area contributed by atoms with Crippen LogP contribution < -0.4 is 4.90 Å². The van der Waals surface area contributed by atoms with Gasteiger partial charge in [-0.3, -0.25) is 4.98 Å². The van der Waals surface area contributed by atoms with E-state index < -0.39 is 0 Å². The van der Waals surface area contributed by atoms with Crippen molar-refractivity contribution < 1.29 is 4.39 Å². The number of hydrogen-bond donors (Lipinski definition) is 0. The summed E-state index contributed by atoms with van der Waals surface area (Å²) in [7, 11) is 1.88. The molecule has 0 aliphatic carbocycles. The first-order valence-electron chi connectivity index (χ1n) is 5.73. The van der Waals surface area contributed by atoms with Gasteiger partial charge in [0.05, 0.1) is 5.69 Å². The SMILES string of the molecule is CN(CCc1ccccn1)c1ccc(Br)cc1F. The van der Waals surface area contributed by atoms with Crippen LogP contribution in [0.3, 0.4) is 0 Å². The van der Waals surface area contributed by atoms with E-state index in [0.717, 1.165) is 23.1 Å². The Labute approximate surface area is 115 Å². The lowest BCUT2D eigenvalue weighted by atomic mass is 10.2. The number of rotatable bonds is 4. The molecule has 0 atom stereocenters. The highest BCUT2D eigenvalue weighted by molar-refractivity contribution is 9.10. The van der Waals surface area contributed by atoms with Crippen LogP contribution in [0.25, 0.3) is 0 Å². The highest BCUT2D eigenvalue weighted by atomic mass is 79.9. The Hall–Kier alpha value is -1.42. The molecule has 0 aliphatic heterocycles. The molecular weight excluding hydrogens is 295 g/mol. The summed E-state index contributed by atoms with van der Waals surface area (Å²) in [6.07, 6.45) is 2.57. The van der Waals surface area contributed by atoms with Crippen molar-refractivity contribution in [3.05, 3.63) is 58.6 Å². The van der Waals surface area contributed by atoms with E-state index in [1.165, 1.54) is 6.07 Å². The Morgan fingerprint density at radius 1 is 1.28 bits per heavy atom. The lowest BCUT2D eigenvalue weighted by Crippen LogP contribution is -2.21. The third kappa shape index (κ3) is 3.29. The highest BCUT2D eigenvalue weighted by Crippen LogP contribution is 2.22. The fraction of sp³-hybridized carbons (Fsp3) is 0.214. The van der Waals surface area contributed by atoms with Gasteiger partial charge in [-0.25, -0.2) is 4.39 Å². The molecule has 18 heavy (non-hydrogen) atoms. The quantitative estimate of drug-likeness (QED) is 0.857. The van der Waals surface area contributed by atoms with Gasteiger partial charge in [0.1, 0.15) is 5.82 Å². The average Bonchev–Trinajstić information content (AvgIpc) is 2.37. The zero-order chi connectivity index (χ0) is 13.0. The molecule has 0 spiro atoms. The van der Waals surface area contributed by atoms with E-state index in [1.807, 2.05) is 36.2 Å². The van der Waals surface area contributed by atoms with Crippen molar-refractivity contribution in [3.63, 3.8) is 0 Å². The predicted molar refractivity (Wildman–Crippen MR) is 75.3 cm³/mol. The van der Waals surface area contributed by atoms with Gasteiger partial charge in [0.25, 0.3) is 0 Å². The van der Waals surface area contributed by atoms with E-state index in [9.17, 15) is 4.39 Å². The summed E-state index contributed by atoms with van der Waals surface area (Å²) >= 11 is 3.25. The van der Waals surface area contributed by atoms with Crippen LogP contribution >= 0.6 is 15.9 Å². The Balaban J connectivity index is 2.01. The van der Waals surface area contributed by atoms with Crippen LogP contribution in [0.2, 0.25) is 0 Å². The van der Waals surface area contributed by atoms with E-state index in [2.05, 4.69) is 20.9 Å². The van der Waals surface area contributed by atoms with Crippen molar-refractivity contribution in [1.29, 1.82) is 0 Å². The minimum absolute atomic E-state index is 0.215. The maximum Gasteiger partial charge on any atom is 0.147 e. The molecule has 1 aromatic heterocycles. The van der Waals surface area contributed by atoms with Gasteiger partial charge in [0.2, 0.25) is 0 Å². The molecule has 0 saturated carbocycles. The monoisotopic (exact) mass is 308 g/mol. The Bertz CT molecular complexity index is 516. The van der Waals surface area contributed by atoms with Crippen LogP contribution in [0.1, 0.15) is 5.69 Å². The van der Waals surface area contributed by atoms with Crippen molar-refractivity contribution in [2.75, 3.05) is 18.5 Å². The first-order valence-corrected chi connectivity index (χ1v) is 6.52. The molecule has 0 bridgehead atoms.